The number of aryl methyl sites for hydroxylation is 1. The van der Waals surface area contributed by atoms with Crippen LogP contribution in [0.15, 0.2) is 48.5 Å². The van der Waals surface area contributed by atoms with Crippen LogP contribution in [0.2, 0.25) is 0 Å². The van der Waals surface area contributed by atoms with E-state index in [-0.39, 0.29) is 6.04 Å². The lowest BCUT2D eigenvalue weighted by atomic mass is 10.2. The second-order valence-corrected chi connectivity index (χ2v) is 5.96. The van der Waals surface area contributed by atoms with Crippen molar-refractivity contribution in [1.29, 1.82) is 0 Å². The summed E-state index contributed by atoms with van der Waals surface area (Å²) in [5.74, 6) is 1.57. The summed E-state index contributed by atoms with van der Waals surface area (Å²) < 4.78 is 0. The first-order valence-corrected chi connectivity index (χ1v) is 8.45. The molecular weight excluding hydrogens is 312 g/mol. The second kappa shape index (κ2) is 7.70. The Balaban J connectivity index is 2.00. The third-order valence-electron chi connectivity index (χ3n) is 3.48. The van der Waals surface area contributed by atoms with Crippen LogP contribution >= 0.6 is 0 Å². The van der Waals surface area contributed by atoms with Crippen molar-refractivity contribution in [1.82, 2.24) is 19.9 Å². The minimum absolute atomic E-state index is 0.217. The minimum atomic E-state index is 0.217. The molecule has 0 atom stereocenters. The Morgan fingerprint density at radius 1 is 0.840 bits per heavy atom. The number of benzene rings is 1. The number of aromatic nitrogens is 4. The molecule has 2 heterocycles. The fraction of sp³-hybridized carbons (Fsp3) is 0.263. The topological polar surface area (TPSA) is 75.6 Å². The SMILES string of the molecule is CCc1cccc(-c2nc(Nc3ccccc3)nc(NC(C)C)n2)n1. The van der Waals surface area contributed by atoms with E-state index in [1.54, 1.807) is 0 Å². The van der Waals surface area contributed by atoms with Gasteiger partial charge in [-0.05, 0) is 44.5 Å². The van der Waals surface area contributed by atoms with E-state index in [9.17, 15) is 0 Å². The van der Waals surface area contributed by atoms with Crippen molar-refractivity contribution in [3.63, 3.8) is 0 Å². The summed E-state index contributed by atoms with van der Waals surface area (Å²) >= 11 is 0. The highest BCUT2D eigenvalue weighted by Gasteiger charge is 2.11. The standard InChI is InChI=1S/C19H22N6/c1-4-14-11-8-12-16(21-14)17-23-18(20-13(2)3)25-19(24-17)22-15-9-6-5-7-10-15/h5-13H,4H2,1-3H3,(H2,20,22,23,24,25). The highest BCUT2D eigenvalue weighted by molar-refractivity contribution is 5.58. The highest BCUT2D eigenvalue weighted by Crippen LogP contribution is 2.19. The lowest BCUT2D eigenvalue weighted by molar-refractivity contribution is 0.868. The summed E-state index contributed by atoms with van der Waals surface area (Å²) in [5.41, 5.74) is 2.67. The number of hydrogen-bond donors (Lipinski definition) is 2. The third-order valence-corrected chi connectivity index (χ3v) is 3.48. The van der Waals surface area contributed by atoms with E-state index in [1.807, 2.05) is 62.4 Å². The summed E-state index contributed by atoms with van der Waals surface area (Å²) in [4.78, 5) is 18.2. The molecule has 2 N–H and O–H groups in total. The lowest BCUT2D eigenvalue weighted by Gasteiger charge is -2.12. The van der Waals surface area contributed by atoms with E-state index in [2.05, 4.69) is 37.5 Å². The molecule has 0 spiro atoms. The Morgan fingerprint density at radius 2 is 1.60 bits per heavy atom. The van der Waals surface area contributed by atoms with Gasteiger partial charge in [0.05, 0.1) is 0 Å². The van der Waals surface area contributed by atoms with Gasteiger partial charge < -0.3 is 10.6 Å². The predicted octanol–water partition coefficient (Wildman–Crippen LogP) is 4.06. The molecule has 0 saturated heterocycles. The summed E-state index contributed by atoms with van der Waals surface area (Å²) in [6, 6.07) is 15.9. The van der Waals surface area contributed by atoms with Crippen LogP contribution in [-0.4, -0.2) is 26.0 Å². The van der Waals surface area contributed by atoms with Crippen LogP contribution in [0.3, 0.4) is 0 Å². The molecule has 0 aliphatic heterocycles. The van der Waals surface area contributed by atoms with Crippen LogP contribution in [0.1, 0.15) is 26.5 Å². The van der Waals surface area contributed by atoms with E-state index in [0.717, 1.165) is 23.5 Å². The maximum Gasteiger partial charge on any atom is 0.232 e. The molecule has 6 nitrogen and oxygen atoms in total. The molecule has 2 aromatic heterocycles. The minimum Gasteiger partial charge on any atom is -0.352 e. The summed E-state index contributed by atoms with van der Waals surface area (Å²) in [6.07, 6.45) is 0.866. The van der Waals surface area contributed by atoms with Crippen molar-refractivity contribution in [2.45, 2.75) is 33.2 Å². The van der Waals surface area contributed by atoms with E-state index >= 15 is 0 Å². The quantitative estimate of drug-likeness (QED) is 0.708. The van der Waals surface area contributed by atoms with Crippen LogP contribution < -0.4 is 10.6 Å². The van der Waals surface area contributed by atoms with Gasteiger partial charge in [0.15, 0.2) is 5.82 Å². The molecule has 6 heteroatoms. The summed E-state index contributed by atoms with van der Waals surface area (Å²) in [7, 11) is 0. The van der Waals surface area contributed by atoms with Crippen LogP contribution in [-0.2, 0) is 6.42 Å². The third kappa shape index (κ3) is 4.50. The maximum atomic E-state index is 4.62. The van der Waals surface area contributed by atoms with Gasteiger partial charge in [-0.2, -0.15) is 15.0 Å². The molecule has 3 aromatic rings. The van der Waals surface area contributed by atoms with Crippen LogP contribution in [0.4, 0.5) is 17.6 Å². The largest absolute Gasteiger partial charge is 0.352 e. The number of pyridine rings is 1. The molecule has 0 unspecified atom stereocenters. The molecule has 0 bridgehead atoms. The first-order chi connectivity index (χ1) is 12.1. The number of anilines is 3. The smallest absolute Gasteiger partial charge is 0.232 e. The van der Waals surface area contributed by atoms with Gasteiger partial charge in [-0.25, -0.2) is 4.98 Å². The Hall–Kier alpha value is -3.02. The number of hydrogen-bond acceptors (Lipinski definition) is 6. The van der Waals surface area contributed by atoms with Crippen molar-refractivity contribution >= 4 is 17.6 Å². The van der Waals surface area contributed by atoms with Crippen LogP contribution in [0.25, 0.3) is 11.5 Å². The number of para-hydroxylation sites is 1. The van der Waals surface area contributed by atoms with Gasteiger partial charge in [-0.15, -0.1) is 0 Å². The molecular formula is C19H22N6. The zero-order chi connectivity index (χ0) is 17.6. The van der Waals surface area contributed by atoms with Gasteiger partial charge in [0.2, 0.25) is 11.9 Å². The second-order valence-electron chi connectivity index (χ2n) is 5.96. The fourth-order valence-electron chi connectivity index (χ4n) is 2.32. The molecule has 1 aromatic carbocycles. The first-order valence-electron chi connectivity index (χ1n) is 8.45. The number of nitrogens with one attached hydrogen (secondary N) is 2. The van der Waals surface area contributed by atoms with Crippen LogP contribution in [0.5, 0.6) is 0 Å². The van der Waals surface area contributed by atoms with Crippen LogP contribution in [0, 0.1) is 0 Å². The average molecular weight is 334 g/mol. The fourth-order valence-corrected chi connectivity index (χ4v) is 2.32. The molecule has 0 aliphatic carbocycles. The predicted molar refractivity (Wildman–Crippen MR) is 101 cm³/mol. The molecule has 0 amide bonds. The first kappa shape index (κ1) is 16.8. The zero-order valence-corrected chi connectivity index (χ0v) is 14.7. The molecule has 0 saturated carbocycles. The van der Waals surface area contributed by atoms with Gasteiger partial charge >= 0.3 is 0 Å². The Bertz CT molecular complexity index is 832. The lowest BCUT2D eigenvalue weighted by Crippen LogP contribution is -2.14. The summed E-state index contributed by atoms with van der Waals surface area (Å²) in [5, 5.41) is 6.47. The zero-order valence-electron chi connectivity index (χ0n) is 14.7. The maximum absolute atomic E-state index is 4.62. The number of rotatable bonds is 6. The highest BCUT2D eigenvalue weighted by atomic mass is 15.2. The molecule has 3 rings (SSSR count). The number of nitrogens with zero attached hydrogens (tertiary/aromatic N) is 4. The molecule has 25 heavy (non-hydrogen) atoms. The summed E-state index contributed by atoms with van der Waals surface area (Å²) in [6.45, 7) is 6.17. The van der Waals surface area contributed by atoms with Crippen molar-refractivity contribution in [2.75, 3.05) is 10.6 Å². The molecule has 0 aliphatic rings. The van der Waals surface area contributed by atoms with Gasteiger partial charge in [-0.1, -0.05) is 31.2 Å². The van der Waals surface area contributed by atoms with Crippen molar-refractivity contribution < 1.29 is 0 Å². The Morgan fingerprint density at radius 3 is 2.32 bits per heavy atom. The van der Waals surface area contributed by atoms with E-state index in [0.29, 0.717) is 17.7 Å². The average Bonchev–Trinajstić information content (AvgIpc) is 2.62. The van der Waals surface area contributed by atoms with Crippen molar-refractivity contribution in [2.24, 2.45) is 0 Å². The van der Waals surface area contributed by atoms with Gasteiger partial charge in [0.1, 0.15) is 5.69 Å². The molecule has 0 radical (unpaired) electrons. The Labute approximate surface area is 147 Å². The van der Waals surface area contributed by atoms with Gasteiger partial charge in [-0.3, -0.25) is 0 Å². The van der Waals surface area contributed by atoms with Gasteiger partial charge in [0, 0.05) is 17.4 Å². The van der Waals surface area contributed by atoms with E-state index in [4.69, 9.17) is 0 Å². The van der Waals surface area contributed by atoms with E-state index in [1.165, 1.54) is 0 Å². The van der Waals surface area contributed by atoms with Crippen molar-refractivity contribution in [3.8, 4) is 11.5 Å². The van der Waals surface area contributed by atoms with Gasteiger partial charge in [0.25, 0.3) is 0 Å². The molecule has 0 fully saturated rings. The monoisotopic (exact) mass is 334 g/mol. The molecule has 128 valence electrons. The Kier molecular flexibility index (Phi) is 5.18. The van der Waals surface area contributed by atoms with Crippen molar-refractivity contribution in [3.05, 3.63) is 54.2 Å². The normalized spacial score (nSPS) is 10.7. The van der Waals surface area contributed by atoms with E-state index < -0.39 is 0 Å².